The summed E-state index contributed by atoms with van der Waals surface area (Å²) in [5.74, 6) is 0.327. The van der Waals surface area contributed by atoms with Gasteiger partial charge >= 0.3 is 6.09 Å². The molecule has 1 amide bonds. The highest BCUT2D eigenvalue weighted by molar-refractivity contribution is 5.88. The molecule has 1 aromatic carbocycles. The van der Waals surface area contributed by atoms with Gasteiger partial charge in [0.25, 0.3) is 6.43 Å². The van der Waals surface area contributed by atoms with Crippen LogP contribution < -0.4 is 10.2 Å². The van der Waals surface area contributed by atoms with Crippen LogP contribution in [0.2, 0.25) is 0 Å². The largest absolute Gasteiger partial charge is 0.447 e. The highest BCUT2D eigenvalue weighted by Gasteiger charge is 2.29. The predicted molar refractivity (Wildman–Crippen MR) is 104 cm³/mol. The van der Waals surface area contributed by atoms with E-state index in [1.807, 2.05) is 0 Å². The molecule has 1 aliphatic heterocycles. The Morgan fingerprint density at radius 1 is 1.24 bits per heavy atom. The highest BCUT2D eigenvalue weighted by Crippen LogP contribution is 2.31. The van der Waals surface area contributed by atoms with Gasteiger partial charge in [-0.2, -0.15) is 0 Å². The molecule has 7 nitrogen and oxygen atoms in total. The fourth-order valence-electron chi connectivity index (χ4n) is 3.32. The number of nitrogens with one attached hydrogen (secondary N) is 1. The summed E-state index contributed by atoms with van der Waals surface area (Å²) in [4.78, 5) is 22.7. The molecule has 1 saturated heterocycles. The molecule has 1 fully saturated rings. The number of rotatable bonds is 7. The minimum atomic E-state index is -2.64. The molecule has 0 unspecified atom stereocenters. The minimum Gasteiger partial charge on any atom is -0.447 e. The average molecular weight is 406 g/mol. The third-order valence-electron chi connectivity index (χ3n) is 4.75. The number of carbonyl (C=O) groups is 1. The SMILES string of the molecule is COCCOC(=O)N(c1cc(-c2ccccc2C(F)F)ncn1)C1CCNCC1. The second-order valence-corrected chi connectivity index (χ2v) is 6.61. The lowest BCUT2D eigenvalue weighted by atomic mass is 10.0. The Hall–Kier alpha value is -2.65. The van der Waals surface area contributed by atoms with Gasteiger partial charge in [-0.05, 0) is 25.9 Å². The van der Waals surface area contributed by atoms with Crippen LogP contribution in [0, 0.1) is 0 Å². The summed E-state index contributed by atoms with van der Waals surface area (Å²) in [5.41, 5.74) is 0.520. The van der Waals surface area contributed by atoms with Gasteiger partial charge in [-0.3, -0.25) is 4.90 Å². The van der Waals surface area contributed by atoms with Gasteiger partial charge in [0.2, 0.25) is 0 Å². The number of methoxy groups -OCH3 is 1. The van der Waals surface area contributed by atoms with Crippen LogP contribution in [0.3, 0.4) is 0 Å². The van der Waals surface area contributed by atoms with E-state index in [1.54, 1.807) is 24.3 Å². The van der Waals surface area contributed by atoms with Crippen LogP contribution in [-0.4, -0.2) is 55.5 Å². The number of ether oxygens (including phenoxy) is 2. The fraction of sp³-hybridized carbons (Fsp3) is 0.450. The molecule has 1 aromatic heterocycles. The molecule has 29 heavy (non-hydrogen) atoms. The summed E-state index contributed by atoms with van der Waals surface area (Å²) in [6.45, 7) is 1.92. The molecule has 0 atom stereocenters. The highest BCUT2D eigenvalue weighted by atomic mass is 19.3. The lowest BCUT2D eigenvalue weighted by Gasteiger charge is -2.33. The number of halogens is 2. The van der Waals surface area contributed by atoms with Crippen molar-refractivity contribution >= 4 is 11.9 Å². The number of amides is 1. The van der Waals surface area contributed by atoms with Crippen molar-refractivity contribution < 1.29 is 23.0 Å². The molecule has 0 aliphatic carbocycles. The zero-order valence-corrected chi connectivity index (χ0v) is 16.2. The standard InChI is InChI=1S/C20H24F2N4O3/c1-28-10-11-29-20(27)26(14-6-8-23-9-7-14)18-12-17(24-13-25-18)15-4-2-3-5-16(15)19(21)22/h2-5,12-14,19,23H,6-11H2,1H3. The first-order valence-electron chi connectivity index (χ1n) is 9.47. The van der Waals surface area contributed by atoms with Crippen molar-refractivity contribution in [2.24, 2.45) is 0 Å². The molecule has 0 spiro atoms. The van der Waals surface area contributed by atoms with Gasteiger partial charge in [0, 0.05) is 30.3 Å². The number of hydrogen-bond acceptors (Lipinski definition) is 6. The third kappa shape index (κ3) is 5.24. The topological polar surface area (TPSA) is 76.6 Å². The second-order valence-electron chi connectivity index (χ2n) is 6.61. The van der Waals surface area contributed by atoms with E-state index in [-0.39, 0.29) is 24.8 Å². The van der Waals surface area contributed by atoms with Crippen LogP contribution in [0.1, 0.15) is 24.8 Å². The number of hydrogen-bond donors (Lipinski definition) is 1. The van der Waals surface area contributed by atoms with E-state index in [4.69, 9.17) is 9.47 Å². The molecule has 1 aliphatic rings. The van der Waals surface area contributed by atoms with Crippen LogP contribution in [0.25, 0.3) is 11.3 Å². The monoisotopic (exact) mass is 406 g/mol. The lowest BCUT2D eigenvalue weighted by Crippen LogP contribution is -2.47. The van der Waals surface area contributed by atoms with E-state index in [1.165, 1.54) is 24.4 Å². The molecule has 9 heteroatoms. The summed E-state index contributed by atoms with van der Waals surface area (Å²) in [6, 6.07) is 7.62. The van der Waals surface area contributed by atoms with Gasteiger partial charge in [0.15, 0.2) is 0 Å². The first kappa shape index (κ1) is 21.1. The van der Waals surface area contributed by atoms with Gasteiger partial charge in [0.05, 0.1) is 12.3 Å². The molecule has 1 N–H and O–H groups in total. The van der Waals surface area contributed by atoms with Crippen LogP contribution >= 0.6 is 0 Å². The average Bonchev–Trinajstić information content (AvgIpc) is 2.75. The number of nitrogens with zero attached hydrogens (tertiary/aromatic N) is 3. The summed E-state index contributed by atoms with van der Waals surface area (Å²) in [6.07, 6.45) is -0.438. The molecule has 3 rings (SSSR count). The van der Waals surface area contributed by atoms with E-state index in [9.17, 15) is 13.6 Å². The predicted octanol–water partition coefficient (Wildman–Crippen LogP) is 3.42. The molecule has 0 saturated carbocycles. The molecule has 0 radical (unpaired) electrons. The maximum atomic E-state index is 13.4. The van der Waals surface area contributed by atoms with E-state index < -0.39 is 12.5 Å². The summed E-state index contributed by atoms with van der Waals surface area (Å²) >= 11 is 0. The second kappa shape index (κ2) is 10.2. The molecular formula is C20H24F2N4O3. The van der Waals surface area contributed by atoms with Gasteiger partial charge in [-0.15, -0.1) is 0 Å². The van der Waals surface area contributed by atoms with Crippen molar-refractivity contribution in [1.29, 1.82) is 0 Å². The number of carbonyl (C=O) groups excluding carboxylic acids is 1. The van der Waals surface area contributed by atoms with E-state index in [0.717, 1.165) is 25.9 Å². The number of piperidine rings is 1. The number of anilines is 1. The van der Waals surface area contributed by atoms with Crippen LogP contribution in [0.5, 0.6) is 0 Å². The van der Waals surface area contributed by atoms with Crippen LogP contribution in [-0.2, 0) is 9.47 Å². The first-order chi connectivity index (χ1) is 14.1. The Bertz CT molecular complexity index is 816. The van der Waals surface area contributed by atoms with Gasteiger partial charge in [-0.1, -0.05) is 24.3 Å². The maximum absolute atomic E-state index is 13.4. The van der Waals surface area contributed by atoms with Crippen molar-refractivity contribution in [2.75, 3.05) is 38.3 Å². The molecule has 156 valence electrons. The van der Waals surface area contributed by atoms with Crippen LogP contribution in [0.15, 0.2) is 36.7 Å². The Labute approximate surface area is 168 Å². The van der Waals surface area contributed by atoms with Crippen molar-refractivity contribution in [2.45, 2.75) is 25.3 Å². The van der Waals surface area contributed by atoms with Crippen LogP contribution in [0.4, 0.5) is 19.4 Å². The van der Waals surface area contributed by atoms with Gasteiger partial charge < -0.3 is 14.8 Å². The smallest absolute Gasteiger partial charge is 0.415 e. The van der Waals surface area contributed by atoms with E-state index in [0.29, 0.717) is 17.1 Å². The van der Waals surface area contributed by atoms with Gasteiger partial charge in [-0.25, -0.2) is 23.5 Å². The Morgan fingerprint density at radius 3 is 2.72 bits per heavy atom. The minimum absolute atomic E-state index is 0.112. The third-order valence-corrected chi connectivity index (χ3v) is 4.75. The molecule has 2 aromatic rings. The molecule has 2 heterocycles. The van der Waals surface area contributed by atoms with E-state index in [2.05, 4.69) is 15.3 Å². The summed E-state index contributed by atoms with van der Waals surface area (Å²) in [7, 11) is 1.52. The van der Waals surface area contributed by atoms with Crippen molar-refractivity contribution in [3.05, 3.63) is 42.2 Å². The molecular weight excluding hydrogens is 382 g/mol. The first-order valence-corrected chi connectivity index (χ1v) is 9.47. The van der Waals surface area contributed by atoms with Crippen molar-refractivity contribution in [1.82, 2.24) is 15.3 Å². The quantitative estimate of drug-likeness (QED) is 0.710. The normalized spacial score (nSPS) is 14.8. The Balaban J connectivity index is 1.94. The summed E-state index contributed by atoms with van der Waals surface area (Å²) in [5, 5.41) is 3.25. The van der Waals surface area contributed by atoms with E-state index >= 15 is 0 Å². The number of alkyl halides is 2. The maximum Gasteiger partial charge on any atom is 0.415 e. The van der Waals surface area contributed by atoms with Crippen molar-refractivity contribution in [3.8, 4) is 11.3 Å². The van der Waals surface area contributed by atoms with Crippen molar-refractivity contribution in [3.63, 3.8) is 0 Å². The lowest BCUT2D eigenvalue weighted by molar-refractivity contribution is 0.101. The Morgan fingerprint density at radius 2 is 2.00 bits per heavy atom. The number of aromatic nitrogens is 2. The van der Waals surface area contributed by atoms with Gasteiger partial charge in [0.1, 0.15) is 18.8 Å². The summed E-state index contributed by atoms with van der Waals surface area (Å²) < 4.78 is 37.1. The zero-order valence-electron chi connectivity index (χ0n) is 16.2. The zero-order chi connectivity index (χ0) is 20.6. The number of benzene rings is 1. The fourth-order valence-corrected chi connectivity index (χ4v) is 3.32. The Kier molecular flexibility index (Phi) is 7.42. The molecule has 0 bridgehead atoms.